The number of rotatable bonds is 16. The molecule has 20 rings (SSSR count). The second-order valence-electron chi connectivity index (χ2n) is 40.5. The summed E-state index contributed by atoms with van der Waals surface area (Å²) >= 11 is 0. The second-order valence-corrected chi connectivity index (χ2v) is 50.3. The van der Waals surface area contributed by atoms with Gasteiger partial charge in [0.05, 0.1) is 134 Å². The molecule has 0 radical (unpaired) electrons. The van der Waals surface area contributed by atoms with Crippen molar-refractivity contribution in [1.82, 2.24) is 5.32 Å². The van der Waals surface area contributed by atoms with E-state index in [0.29, 0.717) is 109 Å². The molecule has 38 atom stereocenters. The number of nitrogens with one attached hydrogen (secondary N) is 1. The Hall–Kier alpha value is -2.19. The van der Waals surface area contributed by atoms with Crippen LogP contribution in [0.2, 0.25) is 44.8 Å². The Balaban J connectivity index is 0.000000167. The molecule has 0 aromatic carbocycles. The zero-order valence-corrected chi connectivity index (χ0v) is 72.8. The van der Waals surface area contributed by atoms with E-state index in [1.54, 1.807) is 14.2 Å². The first kappa shape index (κ1) is 86.0. The molecule has 5 N–H and O–H groups in total. The maximum absolute atomic E-state index is 14.3. The SMILES string of the molecule is C=C1C[C@@H]2CCC34C[C@H]5OC6[C@@H](O[C@H]7CC[C@H](CC(=O)C[C@@H]8[C@@H](OC)[C@@H](C[C@@H](CN)OCC[Si](C)(C)C)O[C@H]8C[C@H]8O[C@@H](CCC1O2)C[C@@H](C)C8=C)O[C@@H]7[C@@H]6O3)C5O4.C=C1C[C@@H]2CC[C@@]34C[C@H]5O[C@@H]6[C@@H](O3)[C@H]3O[C@H](CC[C@@H]3O[C@H]6C5O4)CC(=O)C[C@@H]3[C@@H](OC)[C@@H](C[C@H](O)CNCC[Si](C)(C)O)O[C@H]3C[C@H]3O[C@@H](CC[C@@H]1O2)C[C@@H](C)C3=C. The van der Waals surface area contributed by atoms with Crippen molar-refractivity contribution in [3.8, 4) is 0 Å². The molecule has 0 amide bonds. The van der Waals surface area contributed by atoms with Crippen LogP contribution in [-0.2, 0) is 99.6 Å². The maximum atomic E-state index is 14.3. The Labute approximate surface area is 690 Å². The second kappa shape index (κ2) is 35.3. The monoisotopic (exact) mass is 1660 g/mol. The molecule has 27 heteroatoms. The lowest BCUT2D eigenvalue weighted by molar-refractivity contribution is -0.292. The molecule has 2 spiro atoms. The van der Waals surface area contributed by atoms with Crippen molar-refractivity contribution in [2.45, 2.75) is 433 Å². The number of aliphatic hydroxyl groups excluding tert-OH is 1. The van der Waals surface area contributed by atoms with Crippen LogP contribution in [0.3, 0.4) is 0 Å². The average molecular weight is 1660 g/mol. The molecular formula is C89H140N2O23Si2. The summed E-state index contributed by atoms with van der Waals surface area (Å²) in [5.41, 5.74) is 10.7. The number of Topliss-reactive ketones (excluding diaryl/α,β-unsaturated/α-hetero) is 2. The van der Waals surface area contributed by atoms with Crippen LogP contribution in [0.5, 0.6) is 0 Å². The fourth-order valence-corrected chi connectivity index (χ4v) is 25.4. The fourth-order valence-electron chi connectivity index (χ4n) is 23.9. The van der Waals surface area contributed by atoms with Crippen LogP contribution in [0.25, 0.3) is 0 Å². The number of ketones is 2. The van der Waals surface area contributed by atoms with Crippen LogP contribution in [0.4, 0.5) is 0 Å². The summed E-state index contributed by atoms with van der Waals surface area (Å²) in [5, 5.41) is 14.5. The molecule has 24 bridgehead atoms. The van der Waals surface area contributed by atoms with E-state index in [4.69, 9.17) is 95.7 Å². The molecule has 20 aliphatic heterocycles. The third-order valence-corrected chi connectivity index (χ3v) is 33.3. The standard InChI is InChI=1S/C45H71NO11Si.C44H69NO12Si/c1-24-16-28-8-10-33-25(2)17-30(50-33)12-13-45-22-38-41(56-45)42-43(55-38)44(57-45)40-34(54-42)11-9-29(52-40)18-27(47)19-32-36(21-35(51-28)26(24)3)53-37(39(32)48-4)20-31(23-46)49-14-15-58(5,6)7;1-23-15-28-7-9-32-24(2)16-30(50-32)11-12-44-21-37-40(56-44)41-42(55-37)43(57-44)39-33(54-41)10-8-29(52-39)17-26(46)18-31-35(20-34(51-28)25(23)3)53-36(38(31)49-4)19-27(47)22-45-13-14-58(5,6)48/h24,28-44H,2-3,8-23,46H2,1,4-7H3;23,27-43,45,47-48H,2-3,7-22H2,1,4-6H3/t24-,28+,29-,30+,31+,32+,33?,34+,35-,36+,37-,38-,39-,40+,41?,42+,43?,44+,45?;23-,27+,28+,29-,30+,31+,32+,33+,34-,35+,36-,37-,38-,39+,40?,41+,42+,43+,44+/m11/s1. The largest absolute Gasteiger partial charge is 0.432 e. The topological polar surface area (TPSA) is 288 Å². The number of hydrogen-bond donors (Lipinski definition) is 4. The van der Waals surface area contributed by atoms with Gasteiger partial charge in [0, 0.05) is 131 Å². The summed E-state index contributed by atoms with van der Waals surface area (Å²) in [5.74, 6) is -1.16. The normalized spacial score (nSPS) is 48.5. The Bertz CT molecular complexity index is 3490. The number of hydrogen-bond acceptors (Lipinski definition) is 25. The van der Waals surface area contributed by atoms with Gasteiger partial charge in [-0.15, -0.1) is 0 Å². The summed E-state index contributed by atoms with van der Waals surface area (Å²) in [6.07, 6.45) is 11.0. The predicted molar refractivity (Wildman–Crippen MR) is 433 cm³/mol. The van der Waals surface area contributed by atoms with Crippen molar-refractivity contribution in [3.63, 3.8) is 0 Å². The Kier molecular flexibility index (Phi) is 26.2. The molecule has 0 aromatic heterocycles. The van der Waals surface area contributed by atoms with Crippen molar-refractivity contribution >= 4 is 28.0 Å². The third kappa shape index (κ3) is 18.4. The van der Waals surface area contributed by atoms with E-state index in [0.717, 1.165) is 112 Å². The van der Waals surface area contributed by atoms with Crippen molar-refractivity contribution in [3.05, 3.63) is 48.6 Å². The van der Waals surface area contributed by atoms with Crippen molar-refractivity contribution in [2.75, 3.05) is 40.5 Å². The number of methoxy groups -OCH3 is 2. The Morgan fingerprint density at radius 2 is 0.905 bits per heavy atom. The summed E-state index contributed by atoms with van der Waals surface area (Å²) in [4.78, 5) is 38.8. The summed E-state index contributed by atoms with van der Waals surface area (Å²) in [7, 11) is -0.0538. The number of carbonyl (C=O) groups is 2. The van der Waals surface area contributed by atoms with E-state index in [1.807, 2.05) is 13.1 Å². The van der Waals surface area contributed by atoms with E-state index in [-0.39, 0.29) is 219 Å². The Morgan fingerprint density at radius 3 is 1.36 bits per heavy atom. The van der Waals surface area contributed by atoms with Gasteiger partial charge in [0.2, 0.25) is 0 Å². The van der Waals surface area contributed by atoms with Crippen LogP contribution in [0, 0.1) is 23.7 Å². The van der Waals surface area contributed by atoms with Gasteiger partial charge in [0.1, 0.15) is 72.6 Å². The lowest BCUT2D eigenvalue weighted by atomic mass is 9.81. The maximum Gasteiger partial charge on any atom is 0.183 e. The average Bonchev–Trinajstić information content (AvgIpc) is 1.55. The van der Waals surface area contributed by atoms with Crippen molar-refractivity contribution in [2.24, 2.45) is 29.4 Å². The van der Waals surface area contributed by atoms with Crippen LogP contribution in [0.1, 0.15) is 181 Å². The van der Waals surface area contributed by atoms with Gasteiger partial charge in [0.15, 0.2) is 19.9 Å². The summed E-state index contributed by atoms with van der Waals surface area (Å²) < 4.78 is 128. The predicted octanol–water partition coefficient (Wildman–Crippen LogP) is 10.1. The Morgan fingerprint density at radius 1 is 0.474 bits per heavy atom. The molecule has 0 aromatic rings. The first-order valence-corrected chi connectivity index (χ1v) is 52.2. The molecule has 20 fully saturated rings. The van der Waals surface area contributed by atoms with Crippen LogP contribution in [0.15, 0.2) is 48.6 Å². The first-order chi connectivity index (χ1) is 55.5. The smallest absolute Gasteiger partial charge is 0.183 e. The molecule has 20 saturated heterocycles. The van der Waals surface area contributed by atoms with E-state index in [1.165, 1.54) is 0 Å². The molecule has 116 heavy (non-hydrogen) atoms. The van der Waals surface area contributed by atoms with Gasteiger partial charge in [-0.05, 0) is 156 Å². The lowest BCUT2D eigenvalue weighted by Crippen LogP contribution is -2.61. The quantitative estimate of drug-likeness (QED) is 0.0635. The lowest BCUT2D eigenvalue weighted by Gasteiger charge is -2.47. The zero-order chi connectivity index (χ0) is 81.0. The number of carbonyl (C=O) groups excluding carboxylic acids is 2. The highest BCUT2D eigenvalue weighted by Crippen LogP contribution is 2.58. The van der Waals surface area contributed by atoms with E-state index in [9.17, 15) is 19.5 Å². The van der Waals surface area contributed by atoms with Crippen LogP contribution < -0.4 is 11.1 Å². The van der Waals surface area contributed by atoms with Crippen LogP contribution >= 0.6 is 0 Å². The van der Waals surface area contributed by atoms with Crippen LogP contribution in [-0.4, -0.2) is 285 Å². The van der Waals surface area contributed by atoms with Gasteiger partial charge in [-0.3, -0.25) is 9.59 Å². The number of aliphatic hydroxyl groups is 1. The molecule has 0 aliphatic carbocycles. The summed E-state index contributed by atoms with van der Waals surface area (Å²) in [6, 6.07) is 1.77. The molecule has 0 saturated carbocycles. The molecule has 20 heterocycles. The minimum Gasteiger partial charge on any atom is -0.432 e. The first-order valence-electron chi connectivity index (χ1n) is 45.3. The van der Waals surface area contributed by atoms with Gasteiger partial charge in [-0.25, -0.2) is 0 Å². The number of ether oxygens (including phenoxy) is 19. The van der Waals surface area contributed by atoms with Crippen molar-refractivity contribution in [1.29, 1.82) is 0 Å². The minimum atomic E-state index is -2.19. The molecule has 652 valence electrons. The van der Waals surface area contributed by atoms with Gasteiger partial charge < -0.3 is 111 Å². The van der Waals surface area contributed by atoms with E-state index >= 15 is 0 Å². The van der Waals surface area contributed by atoms with Gasteiger partial charge >= 0.3 is 0 Å². The van der Waals surface area contributed by atoms with E-state index in [2.05, 4.69) is 65.1 Å². The molecular weight excluding hydrogens is 1520 g/mol. The molecule has 5 unspecified atom stereocenters. The van der Waals surface area contributed by atoms with Gasteiger partial charge in [-0.2, -0.15) is 0 Å². The highest BCUT2D eigenvalue weighted by atomic mass is 28.4. The van der Waals surface area contributed by atoms with Crippen molar-refractivity contribution < 1.29 is 109 Å². The molecule has 20 aliphatic rings. The third-order valence-electron chi connectivity index (χ3n) is 30.2. The fraction of sp³-hybridized carbons (Fsp3) is 0.888. The highest BCUT2D eigenvalue weighted by molar-refractivity contribution is 6.76. The minimum absolute atomic E-state index is 0.00698. The zero-order valence-electron chi connectivity index (χ0n) is 70.8. The number of fused-ring (bicyclic) bond motifs is 12. The number of nitrogens with two attached hydrogens (primary N) is 1. The highest BCUT2D eigenvalue weighted by Gasteiger charge is 2.71. The van der Waals surface area contributed by atoms with E-state index < -0.39 is 46.3 Å². The van der Waals surface area contributed by atoms with Gasteiger partial charge in [-0.1, -0.05) is 59.8 Å². The van der Waals surface area contributed by atoms with Gasteiger partial charge in [0.25, 0.3) is 0 Å². The summed E-state index contributed by atoms with van der Waals surface area (Å²) in [6.45, 7) is 35.5. The molecule has 25 nitrogen and oxygen atoms in total.